The molecule has 0 saturated heterocycles. The van der Waals surface area contributed by atoms with Crippen LogP contribution in [0.15, 0.2) is 45.6 Å². The second-order valence-electron chi connectivity index (χ2n) is 3.99. The van der Waals surface area contributed by atoms with Crippen LogP contribution in [0.5, 0.6) is 0 Å². The number of nitro benzene ring substituents is 1. The number of nitrogens with zero attached hydrogens (tertiary/aromatic N) is 1. The van der Waals surface area contributed by atoms with Crippen LogP contribution < -0.4 is 5.43 Å². The summed E-state index contributed by atoms with van der Waals surface area (Å²) in [6, 6.07) is 7.65. The van der Waals surface area contributed by atoms with E-state index in [1.165, 1.54) is 24.3 Å². The SMILES string of the molecule is O=c1c2ccc([N+](=O)[O-])cc2oc2c(F)cccc12. The highest BCUT2D eigenvalue weighted by Gasteiger charge is 2.14. The number of hydrogen-bond donors (Lipinski definition) is 0. The number of non-ortho nitro benzene ring substituents is 1. The lowest BCUT2D eigenvalue weighted by Gasteiger charge is -2.01. The van der Waals surface area contributed by atoms with Crippen LogP contribution >= 0.6 is 0 Å². The van der Waals surface area contributed by atoms with Crippen LogP contribution in [-0.4, -0.2) is 4.92 Å². The molecule has 0 N–H and O–H groups in total. The van der Waals surface area contributed by atoms with Gasteiger partial charge in [-0.25, -0.2) is 4.39 Å². The number of rotatable bonds is 1. The van der Waals surface area contributed by atoms with E-state index in [9.17, 15) is 19.3 Å². The fourth-order valence-electron chi connectivity index (χ4n) is 1.94. The van der Waals surface area contributed by atoms with Gasteiger partial charge < -0.3 is 4.42 Å². The van der Waals surface area contributed by atoms with Crippen LogP contribution in [0.2, 0.25) is 0 Å². The minimum Gasteiger partial charge on any atom is -0.452 e. The smallest absolute Gasteiger partial charge is 0.273 e. The van der Waals surface area contributed by atoms with Crippen molar-refractivity contribution in [2.24, 2.45) is 0 Å². The van der Waals surface area contributed by atoms with Gasteiger partial charge in [0.05, 0.1) is 21.8 Å². The first-order valence-electron chi connectivity index (χ1n) is 5.37. The summed E-state index contributed by atoms with van der Waals surface area (Å²) in [5.74, 6) is -0.678. The minimum atomic E-state index is -0.678. The van der Waals surface area contributed by atoms with Gasteiger partial charge in [-0.05, 0) is 18.2 Å². The molecule has 0 unspecified atom stereocenters. The van der Waals surface area contributed by atoms with Gasteiger partial charge >= 0.3 is 0 Å². The summed E-state index contributed by atoms with van der Waals surface area (Å²) >= 11 is 0. The molecule has 1 aromatic heterocycles. The van der Waals surface area contributed by atoms with Gasteiger partial charge in [-0.1, -0.05) is 6.07 Å². The molecule has 0 aliphatic heterocycles. The number of halogens is 1. The summed E-state index contributed by atoms with van der Waals surface area (Å²) in [7, 11) is 0. The van der Waals surface area contributed by atoms with Crippen LogP contribution in [-0.2, 0) is 0 Å². The Hall–Kier alpha value is -2.76. The van der Waals surface area contributed by atoms with E-state index in [1.54, 1.807) is 0 Å². The van der Waals surface area contributed by atoms with Gasteiger partial charge in [-0.2, -0.15) is 0 Å². The van der Waals surface area contributed by atoms with Crippen LogP contribution in [0.25, 0.3) is 21.9 Å². The molecule has 0 amide bonds. The maximum atomic E-state index is 13.6. The third-order valence-corrected chi connectivity index (χ3v) is 2.84. The van der Waals surface area contributed by atoms with Crippen molar-refractivity contribution in [1.82, 2.24) is 0 Å². The Morgan fingerprint density at radius 3 is 2.68 bits per heavy atom. The Bertz CT molecular complexity index is 885. The summed E-state index contributed by atoms with van der Waals surface area (Å²) in [6.07, 6.45) is 0. The van der Waals surface area contributed by atoms with E-state index in [4.69, 9.17) is 4.42 Å². The van der Waals surface area contributed by atoms with E-state index in [0.29, 0.717) is 0 Å². The average molecular weight is 259 g/mol. The van der Waals surface area contributed by atoms with Crippen molar-refractivity contribution in [3.8, 4) is 0 Å². The Kier molecular flexibility index (Phi) is 2.31. The molecule has 1 heterocycles. The van der Waals surface area contributed by atoms with Crippen molar-refractivity contribution in [3.63, 3.8) is 0 Å². The van der Waals surface area contributed by atoms with Crippen LogP contribution in [0.4, 0.5) is 10.1 Å². The second kappa shape index (κ2) is 3.88. The minimum absolute atomic E-state index is 0.00296. The molecule has 0 atom stereocenters. The zero-order valence-corrected chi connectivity index (χ0v) is 9.42. The van der Waals surface area contributed by atoms with Crippen molar-refractivity contribution in [1.29, 1.82) is 0 Å². The molecule has 3 rings (SSSR count). The first kappa shape index (κ1) is 11.3. The fourth-order valence-corrected chi connectivity index (χ4v) is 1.94. The highest BCUT2D eigenvalue weighted by Crippen LogP contribution is 2.24. The van der Waals surface area contributed by atoms with E-state index in [0.717, 1.165) is 12.1 Å². The normalized spacial score (nSPS) is 11.0. The summed E-state index contributed by atoms with van der Waals surface area (Å²) in [6.45, 7) is 0. The first-order valence-corrected chi connectivity index (χ1v) is 5.37. The Labute approximate surface area is 105 Å². The van der Waals surface area contributed by atoms with E-state index >= 15 is 0 Å². The predicted molar refractivity (Wildman–Crippen MR) is 66.6 cm³/mol. The van der Waals surface area contributed by atoms with E-state index < -0.39 is 16.2 Å². The zero-order valence-electron chi connectivity index (χ0n) is 9.42. The van der Waals surface area contributed by atoms with Crippen LogP contribution in [0.1, 0.15) is 0 Å². The second-order valence-corrected chi connectivity index (χ2v) is 3.99. The molecule has 3 aromatic rings. The van der Waals surface area contributed by atoms with Gasteiger partial charge in [0.2, 0.25) is 5.43 Å². The van der Waals surface area contributed by atoms with Gasteiger partial charge in [0.15, 0.2) is 11.4 Å². The standard InChI is InChI=1S/C13H6FNO4/c14-10-3-1-2-9-12(16)8-5-4-7(15(17)18)6-11(8)19-13(9)10/h1-6H. The Morgan fingerprint density at radius 2 is 1.95 bits per heavy atom. The van der Waals surface area contributed by atoms with Crippen LogP contribution in [0.3, 0.4) is 0 Å². The van der Waals surface area contributed by atoms with Gasteiger partial charge in [0.1, 0.15) is 5.58 Å². The van der Waals surface area contributed by atoms with Crippen molar-refractivity contribution >= 4 is 27.6 Å². The number of para-hydroxylation sites is 1. The number of hydrogen-bond acceptors (Lipinski definition) is 4. The molecule has 2 aromatic carbocycles. The molecule has 19 heavy (non-hydrogen) atoms. The zero-order chi connectivity index (χ0) is 13.6. The van der Waals surface area contributed by atoms with Gasteiger partial charge in [0, 0.05) is 6.07 Å². The number of benzene rings is 2. The van der Waals surface area contributed by atoms with E-state index in [2.05, 4.69) is 0 Å². The highest BCUT2D eigenvalue weighted by atomic mass is 19.1. The summed E-state index contributed by atoms with van der Waals surface area (Å²) in [5, 5.41) is 11.0. The molecule has 0 radical (unpaired) electrons. The lowest BCUT2D eigenvalue weighted by atomic mass is 10.1. The number of nitro groups is 1. The molecule has 0 spiro atoms. The average Bonchev–Trinajstić information content (AvgIpc) is 2.40. The molecular formula is C13H6FNO4. The molecule has 0 fully saturated rings. The third-order valence-electron chi connectivity index (χ3n) is 2.84. The Balaban J connectivity index is 2.51. The largest absolute Gasteiger partial charge is 0.452 e. The summed E-state index contributed by atoms with van der Waals surface area (Å²) < 4.78 is 18.9. The highest BCUT2D eigenvalue weighted by molar-refractivity contribution is 5.90. The van der Waals surface area contributed by atoms with Crippen LogP contribution in [0, 0.1) is 15.9 Å². The van der Waals surface area contributed by atoms with Crippen molar-refractivity contribution in [2.45, 2.75) is 0 Å². The monoisotopic (exact) mass is 259 g/mol. The summed E-state index contributed by atoms with van der Waals surface area (Å²) in [5.41, 5.74) is -0.825. The van der Waals surface area contributed by atoms with Crippen molar-refractivity contribution < 1.29 is 13.7 Å². The Morgan fingerprint density at radius 1 is 1.16 bits per heavy atom. The molecule has 5 nitrogen and oxygen atoms in total. The molecule has 0 aliphatic carbocycles. The fraction of sp³-hybridized carbons (Fsp3) is 0. The maximum absolute atomic E-state index is 13.6. The van der Waals surface area contributed by atoms with Crippen molar-refractivity contribution in [3.05, 3.63) is 62.6 Å². The molecule has 94 valence electrons. The predicted octanol–water partition coefficient (Wildman–Crippen LogP) is 2.99. The van der Waals surface area contributed by atoms with E-state index in [1.807, 2.05) is 0 Å². The lowest BCUT2D eigenvalue weighted by Crippen LogP contribution is -2.03. The van der Waals surface area contributed by atoms with Gasteiger partial charge in [-0.3, -0.25) is 14.9 Å². The topological polar surface area (TPSA) is 73.3 Å². The third kappa shape index (κ3) is 1.65. The molecule has 0 aliphatic rings. The molecule has 0 saturated carbocycles. The number of fused-ring (bicyclic) bond motifs is 2. The molecule has 0 bridgehead atoms. The van der Waals surface area contributed by atoms with Crippen molar-refractivity contribution in [2.75, 3.05) is 0 Å². The van der Waals surface area contributed by atoms with Gasteiger partial charge in [-0.15, -0.1) is 0 Å². The molecular weight excluding hydrogens is 253 g/mol. The first-order chi connectivity index (χ1) is 9.08. The summed E-state index contributed by atoms with van der Waals surface area (Å²) in [4.78, 5) is 22.2. The molecule has 6 heteroatoms. The quantitative estimate of drug-likeness (QED) is 0.382. The van der Waals surface area contributed by atoms with Gasteiger partial charge in [0.25, 0.3) is 5.69 Å². The lowest BCUT2D eigenvalue weighted by molar-refractivity contribution is -0.384. The maximum Gasteiger partial charge on any atom is 0.273 e. The van der Waals surface area contributed by atoms with E-state index in [-0.39, 0.29) is 27.6 Å².